The van der Waals surface area contributed by atoms with E-state index in [0.29, 0.717) is 11.3 Å². The number of rotatable bonds is 5. The molecule has 2 aromatic carbocycles. The van der Waals surface area contributed by atoms with Gasteiger partial charge in [-0.1, -0.05) is 28.1 Å². The lowest BCUT2D eigenvalue weighted by molar-refractivity contribution is -0.138. The minimum absolute atomic E-state index is 0.668. The summed E-state index contributed by atoms with van der Waals surface area (Å²) in [6.07, 6.45) is 0. The van der Waals surface area contributed by atoms with E-state index in [0.717, 1.165) is 10.2 Å². The van der Waals surface area contributed by atoms with Gasteiger partial charge in [0.05, 0.1) is 7.11 Å². The van der Waals surface area contributed by atoms with Crippen molar-refractivity contribution >= 4 is 27.6 Å². The number of benzene rings is 2. The Morgan fingerprint density at radius 1 is 1.15 bits per heavy atom. The van der Waals surface area contributed by atoms with Gasteiger partial charge in [-0.3, -0.25) is 0 Å². The summed E-state index contributed by atoms with van der Waals surface area (Å²) in [4.78, 5) is 11.4. The Bertz CT molecular complexity index is 581. The highest BCUT2D eigenvalue weighted by molar-refractivity contribution is 9.10. The Hall–Kier alpha value is -2.01. The van der Waals surface area contributed by atoms with Gasteiger partial charge in [-0.15, -0.1) is 0 Å². The van der Waals surface area contributed by atoms with E-state index in [2.05, 4.69) is 21.2 Å². The molecular weight excluding hydrogens is 322 g/mol. The Morgan fingerprint density at radius 2 is 1.75 bits per heavy atom. The van der Waals surface area contributed by atoms with Crippen LogP contribution in [0.3, 0.4) is 0 Å². The third-order valence-electron chi connectivity index (χ3n) is 2.85. The van der Waals surface area contributed by atoms with Crippen molar-refractivity contribution in [3.8, 4) is 5.75 Å². The van der Waals surface area contributed by atoms with E-state index in [9.17, 15) is 9.90 Å². The number of hydrogen-bond acceptors (Lipinski definition) is 3. The molecule has 2 rings (SSSR count). The molecule has 0 aromatic heterocycles. The van der Waals surface area contributed by atoms with Gasteiger partial charge in [0.25, 0.3) is 0 Å². The summed E-state index contributed by atoms with van der Waals surface area (Å²) in [5.41, 5.74) is 1.41. The van der Waals surface area contributed by atoms with Crippen LogP contribution in [-0.4, -0.2) is 18.2 Å². The zero-order chi connectivity index (χ0) is 14.5. The van der Waals surface area contributed by atoms with E-state index < -0.39 is 12.0 Å². The average molecular weight is 336 g/mol. The second-order valence-electron chi connectivity index (χ2n) is 4.20. The summed E-state index contributed by atoms with van der Waals surface area (Å²) in [6.45, 7) is 0. The van der Waals surface area contributed by atoms with Gasteiger partial charge in [0.15, 0.2) is 6.04 Å². The first kappa shape index (κ1) is 14.4. The molecule has 0 aliphatic carbocycles. The summed E-state index contributed by atoms with van der Waals surface area (Å²) >= 11 is 3.34. The third kappa shape index (κ3) is 3.51. The van der Waals surface area contributed by atoms with Crippen LogP contribution in [0.2, 0.25) is 0 Å². The fourth-order valence-corrected chi connectivity index (χ4v) is 2.06. The van der Waals surface area contributed by atoms with E-state index in [-0.39, 0.29) is 0 Å². The zero-order valence-electron chi connectivity index (χ0n) is 10.8. The van der Waals surface area contributed by atoms with Crippen LogP contribution in [0.25, 0.3) is 0 Å². The van der Waals surface area contributed by atoms with Gasteiger partial charge in [-0.05, 0) is 42.0 Å². The van der Waals surface area contributed by atoms with Crippen molar-refractivity contribution in [2.45, 2.75) is 6.04 Å². The molecular formula is C15H14BrNO3. The minimum Gasteiger partial charge on any atom is -0.497 e. The van der Waals surface area contributed by atoms with Crippen molar-refractivity contribution in [2.24, 2.45) is 0 Å². The van der Waals surface area contributed by atoms with Crippen LogP contribution in [0.1, 0.15) is 11.6 Å². The molecule has 0 saturated heterocycles. The van der Waals surface area contributed by atoms with Gasteiger partial charge in [0.2, 0.25) is 0 Å². The number of anilines is 1. The molecule has 2 N–H and O–H groups in total. The van der Waals surface area contributed by atoms with Crippen molar-refractivity contribution in [2.75, 3.05) is 12.4 Å². The first-order chi connectivity index (χ1) is 9.60. The van der Waals surface area contributed by atoms with Crippen molar-refractivity contribution in [1.29, 1.82) is 0 Å². The Labute approximate surface area is 125 Å². The molecule has 0 fully saturated rings. The Morgan fingerprint density at radius 3 is 2.25 bits per heavy atom. The standard InChI is InChI=1S/C15H14BrNO3/c1-20-13-8-2-10(3-9-13)14(15(18)19)17-12-6-4-11(16)5-7-12/h2-9,14,17H,1H3,(H,18,19). The molecule has 1 unspecified atom stereocenters. The normalized spacial score (nSPS) is 11.7. The summed E-state index contributed by atoms with van der Waals surface area (Å²) in [7, 11) is 1.57. The highest BCUT2D eigenvalue weighted by Gasteiger charge is 2.19. The number of aliphatic carboxylic acids is 1. The number of methoxy groups -OCH3 is 1. The van der Waals surface area contributed by atoms with Crippen molar-refractivity contribution in [3.63, 3.8) is 0 Å². The zero-order valence-corrected chi connectivity index (χ0v) is 12.4. The molecule has 0 radical (unpaired) electrons. The number of nitrogens with one attached hydrogen (secondary N) is 1. The largest absolute Gasteiger partial charge is 0.497 e. The summed E-state index contributed by atoms with van der Waals surface area (Å²) in [5, 5.41) is 12.4. The van der Waals surface area contributed by atoms with Gasteiger partial charge in [-0.25, -0.2) is 4.79 Å². The molecule has 5 heteroatoms. The van der Waals surface area contributed by atoms with Gasteiger partial charge < -0.3 is 15.2 Å². The first-order valence-electron chi connectivity index (χ1n) is 5.99. The molecule has 0 aliphatic rings. The number of carboxylic acids is 1. The van der Waals surface area contributed by atoms with Gasteiger partial charge in [0.1, 0.15) is 5.75 Å². The van der Waals surface area contributed by atoms with Gasteiger partial charge in [0, 0.05) is 10.2 Å². The average Bonchev–Trinajstić information content (AvgIpc) is 2.46. The number of hydrogen-bond donors (Lipinski definition) is 2. The molecule has 4 nitrogen and oxygen atoms in total. The van der Waals surface area contributed by atoms with Crippen LogP contribution in [0, 0.1) is 0 Å². The second-order valence-corrected chi connectivity index (χ2v) is 5.11. The molecule has 0 saturated carbocycles. The van der Waals surface area contributed by atoms with Crippen LogP contribution in [0.4, 0.5) is 5.69 Å². The molecule has 0 spiro atoms. The molecule has 0 amide bonds. The van der Waals surface area contributed by atoms with Crippen molar-refractivity contribution in [3.05, 3.63) is 58.6 Å². The van der Waals surface area contributed by atoms with Crippen LogP contribution in [0.5, 0.6) is 5.75 Å². The summed E-state index contributed by atoms with van der Waals surface area (Å²) in [5.74, 6) is -0.236. The maximum atomic E-state index is 11.4. The number of halogens is 1. The van der Waals surface area contributed by atoms with Crippen LogP contribution < -0.4 is 10.1 Å². The SMILES string of the molecule is COc1ccc(C(Nc2ccc(Br)cc2)C(=O)O)cc1. The maximum absolute atomic E-state index is 11.4. The monoisotopic (exact) mass is 335 g/mol. The van der Waals surface area contributed by atoms with Crippen LogP contribution >= 0.6 is 15.9 Å². The fraction of sp³-hybridized carbons (Fsp3) is 0.133. The molecule has 104 valence electrons. The second kappa shape index (κ2) is 6.43. The lowest BCUT2D eigenvalue weighted by Crippen LogP contribution is -2.20. The number of carboxylic acid groups (broad SMARTS) is 1. The molecule has 2 aromatic rings. The molecule has 20 heavy (non-hydrogen) atoms. The van der Waals surface area contributed by atoms with E-state index in [1.807, 2.05) is 24.3 Å². The lowest BCUT2D eigenvalue weighted by Gasteiger charge is -2.16. The summed E-state index contributed by atoms with van der Waals surface area (Å²) < 4.78 is 6.01. The van der Waals surface area contributed by atoms with Crippen molar-refractivity contribution in [1.82, 2.24) is 0 Å². The van der Waals surface area contributed by atoms with E-state index in [1.165, 1.54) is 0 Å². The topological polar surface area (TPSA) is 58.6 Å². The van der Waals surface area contributed by atoms with Gasteiger partial charge in [-0.2, -0.15) is 0 Å². The smallest absolute Gasteiger partial charge is 0.330 e. The molecule has 1 atom stereocenters. The van der Waals surface area contributed by atoms with Crippen molar-refractivity contribution < 1.29 is 14.6 Å². The predicted molar refractivity (Wildman–Crippen MR) is 81.1 cm³/mol. The van der Waals surface area contributed by atoms with Gasteiger partial charge >= 0.3 is 5.97 Å². The maximum Gasteiger partial charge on any atom is 0.330 e. The fourth-order valence-electron chi connectivity index (χ4n) is 1.80. The minimum atomic E-state index is -0.932. The highest BCUT2D eigenvalue weighted by atomic mass is 79.9. The highest BCUT2D eigenvalue weighted by Crippen LogP contribution is 2.23. The Kier molecular flexibility index (Phi) is 4.63. The van der Waals surface area contributed by atoms with Crippen LogP contribution in [0.15, 0.2) is 53.0 Å². The van der Waals surface area contributed by atoms with E-state index in [1.54, 1.807) is 31.4 Å². The van der Waals surface area contributed by atoms with E-state index in [4.69, 9.17) is 4.74 Å². The first-order valence-corrected chi connectivity index (χ1v) is 6.78. The van der Waals surface area contributed by atoms with E-state index >= 15 is 0 Å². The Balaban J connectivity index is 2.22. The molecule has 0 heterocycles. The predicted octanol–water partition coefficient (Wildman–Crippen LogP) is 3.70. The van der Waals surface area contributed by atoms with Crippen LogP contribution in [-0.2, 0) is 4.79 Å². The number of ether oxygens (including phenoxy) is 1. The molecule has 0 aliphatic heterocycles. The molecule has 0 bridgehead atoms. The lowest BCUT2D eigenvalue weighted by atomic mass is 10.1. The summed E-state index contributed by atoms with van der Waals surface area (Å²) in [6, 6.07) is 13.5. The quantitative estimate of drug-likeness (QED) is 0.874. The third-order valence-corrected chi connectivity index (χ3v) is 3.38. The number of carbonyl (C=O) groups is 1.